The van der Waals surface area contributed by atoms with E-state index in [0.717, 1.165) is 57.7 Å². The van der Waals surface area contributed by atoms with Gasteiger partial charge in [0.25, 0.3) is 0 Å². The third-order valence-corrected chi connectivity index (χ3v) is 9.65. The molecular formula is C34H33N3O4S. The molecule has 8 heteroatoms. The number of hydrogen-bond donors (Lipinski definition) is 1. The number of carbonyl (C=O) groups excluding carboxylic acids is 1. The summed E-state index contributed by atoms with van der Waals surface area (Å²) in [6, 6.07) is 20.2. The lowest BCUT2D eigenvalue weighted by Crippen LogP contribution is -2.46. The van der Waals surface area contributed by atoms with Crippen LogP contribution in [0.1, 0.15) is 67.4 Å². The van der Waals surface area contributed by atoms with E-state index in [1.54, 1.807) is 30.3 Å². The molecule has 0 amide bonds. The van der Waals surface area contributed by atoms with Crippen molar-refractivity contribution in [1.29, 1.82) is 0 Å². The summed E-state index contributed by atoms with van der Waals surface area (Å²) in [5.74, 6) is 2.07. The number of rotatable bonds is 4. The third kappa shape index (κ3) is 4.49. The highest BCUT2D eigenvalue weighted by Crippen LogP contribution is 2.56. The number of benzene rings is 4. The van der Waals surface area contributed by atoms with Crippen molar-refractivity contribution in [1.82, 2.24) is 9.97 Å². The van der Waals surface area contributed by atoms with Gasteiger partial charge >= 0.3 is 0 Å². The number of nitrogens with zero attached hydrogens (tertiary/aromatic N) is 2. The Morgan fingerprint density at radius 2 is 1.60 bits per heavy atom. The van der Waals surface area contributed by atoms with Crippen LogP contribution < -0.4 is 9.46 Å². The van der Waals surface area contributed by atoms with E-state index < -0.39 is 10.0 Å². The van der Waals surface area contributed by atoms with Crippen LogP contribution in [0, 0.1) is 11.8 Å². The van der Waals surface area contributed by atoms with Crippen molar-refractivity contribution in [2.75, 3.05) is 11.0 Å². The first-order valence-corrected chi connectivity index (χ1v) is 16.4. The topological polar surface area (TPSA) is 98.2 Å². The Bertz CT molecular complexity index is 2020. The number of ketones is 1. The predicted octanol–water partition coefficient (Wildman–Crippen LogP) is 7.23. The highest BCUT2D eigenvalue weighted by atomic mass is 32.2. The zero-order valence-electron chi connectivity index (χ0n) is 24.1. The van der Waals surface area contributed by atoms with Crippen LogP contribution in [-0.2, 0) is 10.0 Å². The van der Waals surface area contributed by atoms with Gasteiger partial charge in [-0.1, -0.05) is 37.6 Å². The van der Waals surface area contributed by atoms with Gasteiger partial charge in [-0.3, -0.25) is 9.52 Å². The fourth-order valence-corrected chi connectivity index (χ4v) is 7.67. The molecule has 2 heterocycles. The van der Waals surface area contributed by atoms with E-state index in [2.05, 4.69) is 43.7 Å². The van der Waals surface area contributed by atoms with Gasteiger partial charge in [0, 0.05) is 39.1 Å². The SMILES string of the molecule is C[C@@H]1CC[C@H]2[C@H](C1)c1c(c3ccccc3c3nc4ccc(C(=O)c5ccc(NS(C)(=O)=O)cc5)cc4nc13)OC2(C)C. The van der Waals surface area contributed by atoms with Crippen LogP contribution in [0.4, 0.5) is 5.69 Å². The fraction of sp³-hybridized carbons (Fsp3) is 0.324. The van der Waals surface area contributed by atoms with E-state index in [4.69, 9.17) is 14.7 Å². The van der Waals surface area contributed by atoms with Crippen molar-refractivity contribution >= 4 is 54.3 Å². The largest absolute Gasteiger partial charge is 0.487 e. The Labute approximate surface area is 245 Å². The normalized spacial score (nSPS) is 21.5. The lowest BCUT2D eigenvalue weighted by Gasteiger charge is -2.49. The Morgan fingerprint density at radius 3 is 2.33 bits per heavy atom. The van der Waals surface area contributed by atoms with Gasteiger partial charge in [-0.15, -0.1) is 0 Å². The molecule has 1 N–H and O–H groups in total. The minimum Gasteiger partial charge on any atom is -0.487 e. The van der Waals surface area contributed by atoms with E-state index in [-0.39, 0.29) is 11.4 Å². The minimum atomic E-state index is -3.40. The average molecular weight is 580 g/mol. The molecule has 214 valence electrons. The average Bonchev–Trinajstić information content (AvgIpc) is 2.95. The summed E-state index contributed by atoms with van der Waals surface area (Å²) >= 11 is 0. The summed E-state index contributed by atoms with van der Waals surface area (Å²) in [5, 5.41) is 2.08. The van der Waals surface area contributed by atoms with E-state index in [9.17, 15) is 13.2 Å². The monoisotopic (exact) mass is 579 g/mol. The highest BCUT2D eigenvalue weighted by Gasteiger charge is 2.47. The van der Waals surface area contributed by atoms with Crippen LogP contribution in [0.3, 0.4) is 0 Å². The van der Waals surface area contributed by atoms with Crippen molar-refractivity contribution in [3.8, 4) is 5.75 Å². The molecule has 3 atom stereocenters. The number of ether oxygens (including phenoxy) is 1. The van der Waals surface area contributed by atoms with Gasteiger partial charge in [-0.2, -0.15) is 0 Å². The molecule has 5 aromatic rings. The second-order valence-corrected chi connectivity index (χ2v) is 14.3. The second-order valence-electron chi connectivity index (χ2n) is 12.5. The zero-order valence-corrected chi connectivity index (χ0v) is 25.0. The van der Waals surface area contributed by atoms with Gasteiger partial charge in [-0.25, -0.2) is 18.4 Å². The lowest BCUT2D eigenvalue weighted by atomic mass is 9.64. The molecule has 1 aliphatic carbocycles. The number of fused-ring (bicyclic) bond motifs is 9. The summed E-state index contributed by atoms with van der Waals surface area (Å²) in [6.07, 6.45) is 4.49. The van der Waals surface area contributed by atoms with Gasteiger partial charge in [0.05, 0.1) is 28.3 Å². The van der Waals surface area contributed by atoms with Crippen molar-refractivity contribution in [3.05, 3.63) is 83.4 Å². The van der Waals surface area contributed by atoms with Crippen LogP contribution in [0.5, 0.6) is 5.75 Å². The van der Waals surface area contributed by atoms with Crippen LogP contribution in [-0.4, -0.2) is 36.0 Å². The summed E-state index contributed by atoms with van der Waals surface area (Å²) in [6.45, 7) is 6.77. The highest BCUT2D eigenvalue weighted by molar-refractivity contribution is 7.92. The molecule has 0 radical (unpaired) electrons. The Morgan fingerprint density at radius 1 is 0.905 bits per heavy atom. The van der Waals surface area contributed by atoms with Crippen LogP contribution in [0.15, 0.2) is 66.7 Å². The first-order valence-electron chi connectivity index (χ1n) is 14.5. The van der Waals surface area contributed by atoms with Crippen LogP contribution in [0.2, 0.25) is 0 Å². The summed E-state index contributed by atoms with van der Waals surface area (Å²) in [7, 11) is -3.40. The Balaban J connectivity index is 1.39. The van der Waals surface area contributed by atoms with E-state index in [0.29, 0.717) is 40.1 Å². The number of hydrogen-bond acceptors (Lipinski definition) is 6. The van der Waals surface area contributed by atoms with Crippen molar-refractivity contribution in [3.63, 3.8) is 0 Å². The van der Waals surface area contributed by atoms with E-state index in [1.807, 2.05) is 18.2 Å². The maximum absolute atomic E-state index is 13.4. The molecular weight excluding hydrogens is 546 g/mol. The maximum Gasteiger partial charge on any atom is 0.229 e. The summed E-state index contributed by atoms with van der Waals surface area (Å²) in [5.41, 5.74) is 5.33. The molecule has 2 aliphatic rings. The molecule has 7 nitrogen and oxygen atoms in total. The molecule has 1 aromatic heterocycles. The van der Waals surface area contributed by atoms with Crippen molar-refractivity contribution in [2.24, 2.45) is 11.8 Å². The quantitative estimate of drug-likeness (QED) is 0.137. The van der Waals surface area contributed by atoms with E-state index >= 15 is 0 Å². The number of carbonyl (C=O) groups is 1. The van der Waals surface area contributed by atoms with Crippen molar-refractivity contribution in [2.45, 2.75) is 51.6 Å². The van der Waals surface area contributed by atoms with Crippen LogP contribution in [0.25, 0.3) is 32.8 Å². The Kier molecular flexibility index (Phi) is 6.06. The van der Waals surface area contributed by atoms with Gasteiger partial charge in [0.2, 0.25) is 10.0 Å². The number of anilines is 1. The summed E-state index contributed by atoms with van der Waals surface area (Å²) in [4.78, 5) is 23.8. The first kappa shape index (κ1) is 26.8. The number of sulfonamides is 1. The molecule has 1 saturated carbocycles. The molecule has 1 aliphatic heterocycles. The first-order chi connectivity index (χ1) is 20.0. The van der Waals surface area contributed by atoms with Gasteiger partial charge in [-0.05, 0) is 81.0 Å². The molecule has 7 rings (SSSR count). The molecule has 42 heavy (non-hydrogen) atoms. The predicted molar refractivity (Wildman–Crippen MR) is 167 cm³/mol. The van der Waals surface area contributed by atoms with Crippen LogP contribution >= 0.6 is 0 Å². The molecule has 0 spiro atoms. The molecule has 0 unspecified atom stereocenters. The molecule has 4 aromatic carbocycles. The van der Waals surface area contributed by atoms with E-state index in [1.165, 1.54) is 6.42 Å². The van der Waals surface area contributed by atoms with Gasteiger partial charge < -0.3 is 4.74 Å². The fourth-order valence-electron chi connectivity index (χ4n) is 7.11. The molecule has 0 bridgehead atoms. The third-order valence-electron chi connectivity index (χ3n) is 9.04. The molecule has 0 saturated heterocycles. The number of aromatic nitrogens is 2. The smallest absolute Gasteiger partial charge is 0.229 e. The number of nitrogens with one attached hydrogen (secondary N) is 1. The Hall–Kier alpha value is -4.04. The van der Waals surface area contributed by atoms with Crippen molar-refractivity contribution < 1.29 is 17.9 Å². The maximum atomic E-state index is 13.4. The minimum absolute atomic E-state index is 0.170. The van der Waals surface area contributed by atoms with Gasteiger partial charge in [0.1, 0.15) is 11.4 Å². The summed E-state index contributed by atoms with van der Waals surface area (Å²) < 4.78 is 32.4. The zero-order chi connectivity index (χ0) is 29.4. The molecule has 1 fully saturated rings. The second kappa shape index (κ2) is 9.49. The lowest BCUT2D eigenvalue weighted by molar-refractivity contribution is -0.0115. The standard InChI is InChI=1S/C34H33N3O4S/c1-19-9-15-26-25(17-19)29-31-30(23-7-5-6-8-24(23)33(29)41-34(26,2)3)35-27-16-12-21(18-28(27)36-31)32(38)20-10-13-22(14-11-20)37-42(4,39)40/h5-8,10-14,16,18-19,25-26,37H,9,15,17H2,1-4H3/t19-,25+,26+/m1/s1. The van der Waals surface area contributed by atoms with Gasteiger partial charge in [0.15, 0.2) is 5.78 Å².